The molecule has 0 aromatic heterocycles. The van der Waals surface area contributed by atoms with Gasteiger partial charge in [0.05, 0.1) is 6.61 Å². The van der Waals surface area contributed by atoms with Gasteiger partial charge in [0.25, 0.3) is 0 Å². The lowest BCUT2D eigenvalue weighted by Gasteiger charge is -2.41. The highest BCUT2D eigenvalue weighted by atomic mass is 16.5. The second-order valence-corrected chi connectivity index (χ2v) is 6.35. The summed E-state index contributed by atoms with van der Waals surface area (Å²) in [6.07, 6.45) is 3.33. The van der Waals surface area contributed by atoms with Crippen molar-refractivity contribution < 1.29 is 9.47 Å². The van der Waals surface area contributed by atoms with Crippen LogP contribution in [-0.2, 0) is 10.3 Å². The van der Waals surface area contributed by atoms with Crippen molar-refractivity contribution in [2.45, 2.75) is 38.6 Å². The summed E-state index contributed by atoms with van der Waals surface area (Å²) >= 11 is 0. The van der Waals surface area contributed by atoms with Crippen molar-refractivity contribution in [2.75, 3.05) is 20.3 Å². The van der Waals surface area contributed by atoms with Gasteiger partial charge in [0.2, 0.25) is 0 Å². The fraction of sp³-hybridized carbons (Fsp3) is 0.647. The quantitative estimate of drug-likeness (QED) is 0.840. The van der Waals surface area contributed by atoms with Crippen LogP contribution < -0.4 is 10.5 Å². The Hall–Kier alpha value is -1.06. The number of para-hydroxylation sites is 1. The number of nitrogens with two attached hydrogens (primary N) is 1. The van der Waals surface area contributed by atoms with Crippen molar-refractivity contribution in [3.05, 3.63) is 29.8 Å². The molecular weight excluding hydrogens is 250 g/mol. The molecule has 1 saturated carbocycles. The lowest BCUT2D eigenvalue weighted by Crippen LogP contribution is -2.43. The first kappa shape index (κ1) is 15.3. The zero-order chi connectivity index (χ0) is 14.6. The summed E-state index contributed by atoms with van der Waals surface area (Å²) < 4.78 is 10.9. The Labute approximate surface area is 122 Å². The van der Waals surface area contributed by atoms with Crippen molar-refractivity contribution in [3.8, 4) is 5.75 Å². The monoisotopic (exact) mass is 277 g/mol. The molecule has 0 radical (unpaired) electrons. The molecule has 3 nitrogen and oxygen atoms in total. The first-order valence-electron chi connectivity index (χ1n) is 7.55. The van der Waals surface area contributed by atoms with E-state index in [1.807, 2.05) is 12.1 Å². The third-order valence-corrected chi connectivity index (χ3v) is 4.20. The van der Waals surface area contributed by atoms with Crippen LogP contribution in [0.2, 0.25) is 0 Å². The molecule has 112 valence electrons. The third kappa shape index (κ3) is 3.53. The molecule has 1 aromatic rings. The van der Waals surface area contributed by atoms with Crippen molar-refractivity contribution in [1.82, 2.24) is 0 Å². The average molecular weight is 277 g/mol. The first-order chi connectivity index (χ1) is 9.55. The summed E-state index contributed by atoms with van der Waals surface area (Å²) in [5.41, 5.74) is 7.64. The van der Waals surface area contributed by atoms with Crippen LogP contribution in [-0.4, -0.2) is 20.3 Å². The predicted molar refractivity (Wildman–Crippen MR) is 81.9 cm³/mol. The Bertz CT molecular complexity index is 423. The molecule has 0 spiro atoms. The third-order valence-electron chi connectivity index (χ3n) is 4.20. The smallest absolute Gasteiger partial charge is 0.124 e. The summed E-state index contributed by atoms with van der Waals surface area (Å²) in [4.78, 5) is 0. The van der Waals surface area contributed by atoms with E-state index in [0.29, 0.717) is 25.0 Å². The summed E-state index contributed by atoms with van der Waals surface area (Å²) in [5.74, 6) is 2.24. The minimum atomic E-state index is -0.263. The Kier molecular flexibility index (Phi) is 5.06. The molecule has 0 amide bonds. The molecule has 2 atom stereocenters. The number of benzene rings is 1. The molecule has 0 heterocycles. The van der Waals surface area contributed by atoms with Crippen LogP contribution in [0.15, 0.2) is 24.3 Å². The molecule has 2 rings (SSSR count). The van der Waals surface area contributed by atoms with E-state index in [2.05, 4.69) is 26.0 Å². The maximum Gasteiger partial charge on any atom is 0.124 e. The molecule has 1 aromatic carbocycles. The van der Waals surface area contributed by atoms with E-state index in [4.69, 9.17) is 15.2 Å². The van der Waals surface area contributed by atoms with Crippen LogP contribution >= 0.6 is 0 Å². The highest BCUT2D eigenvalue weighted by Gasteiger charge is 2.37. The van der Waals surface area contributed by atoms with Crippen LogP contribution in [0.3, 0.4) is 0 Å². The molecule has 0 bridgehead atoms. The van der Waals surface area contributed by atoms with E-state index in [1.54, 1.807) is 7.11 Å². The van der Waals surface area contributed by atoms with Gasteiger partial charge in [0.15, 0.2) is 0 Å². The maximum atomic E-state index is 6.76. The Morgan fingerprint density at radius 1 is 1.15 bits per heavy atom. The molecule has 0 saturated heterocycles. The number of ether oxygens (including phenoxy) is 2. The highest BCUT2D eigenvalue weighted by Crippen LogP contribution is 2.43. The van der Waals surface area contributed by atoms with Crippen molar-refractivity contribution in [2.24, 2.45) is 17.6 Å². The number of hydrogen-bond acceptors (Lipinski definition) is 3. The van der Waals surface area contributed by atoms with Crippen molar-refractivity contribution in [3.63, 3.8) is 0 Å². The highest BCUT2D eigenvalue weighted by molar-refractivity contribution is 5.39. The van der Waals surface area contributed by atoms with E-state index < -0.39 is 0 Å². The second kappa shape index (κ2) is 6.59. The molecule has 1 fully saturated rings. The molecule has 1 aliphatic rings. The van der Waals surface area contributed by atoms with Gasteiger partial charge < -0.3 is 15.2 Å². The van der Waals surface area contributed by atoms with E-state index in [0.717, 1.165) is 24.2 Å². The Morgan fingerprint density at radius 3 is 2.45 bits per heavy atom. The fourth-order valence-corrected chi connectivity index (χ4v) is 3.64. The number of rotatable bonds is 5. The normalized spacial score (nSPS) is 30.2. The van der Waals surface area contributed by atoms with Gasteiger partial charge in [-0.15, -0.1) is 0 Å². The molecule has 3 heteroatoms. The van der Waals surface area contributed by atoms with Crippen molar-refractivity contribution in [1.29, 1.82) is 0 Å². The lowest BCUT2D eigenvalue weighted by atomic mass is 9.69. The Morgan fingerprint density at radius 2 is 1.80 bits per heavy atom. The van der Waals surface area contributed by atoms with E-state index >= 15 is 0 Å². The minimum Gasteiger partial charge on any atom is -0.491 e. The predicted octanol–water partition coefficient (Wildman–Crippen LogP) is 3.32. The van der Waals surface area contributed by atoms with Crippen LogP contribution in [0.5, 0.6) is 5.75 Å². The molecule has 2 unspecified atom stereocenters. The van der Waals surface area contributed by atoms with Crippen molar-refractivity contribution >= 4 is 0 Å². The topological polar surface area (TPSA) is 44.5 Å². The fourth-order valence-electron chi connectivity index (χ4n) is 3.64. The standard InChI is InChI=1S/C17H27NO2/c1-13-10-14(2)12-17(18,11-13)15-6-4-5-7-16(15)20-9-8-19-3/h4-7,13-14H,8-12,18H2,1-3H3. The summed E-state index contributed by atoms with van der Waals surface area (Å²) in [6.45, 7) is 5.75. The van der Waals surface area contributed by atoms with Gasteiger partial charge in [-0.3, -0.25) is 0 Å². The zero-order valence-corrected chi connectivity index (χ0v) is 12.9. The van der Waals surface area contributed by atoms with Gasteiger partial charge in [0, 0.05) is 18.2 Å². The van der Waals surface area contributed by atoms with E-state index in [1.165, 1.54) is 6.42 Å². The molecule has 0 aliphatic heterocycles. The average Bonchev–Trinajstić information content (AvgIpc) is 2.38. The number of methoxy groups -OCH3 is 1. The van der Waals surface area contributed by atoms with Crippen LogP contribution in [0.4, 0.5) is 0 Å². The largest absolute Gasteiger partial charge is 0.491 e. The second-order valence-electron chi connectivity index (χ2n) is 6.35. The van der Waals surface area contributed by atoms with Gasteiger partial charge in [-0.05, 0) is 37.2 Å². The van der Waals surface area contributed by atoms with Gasteiger partial charge >= 0.3 is 0 Å². The summed E-state index contributed by atoms with van der Waals surface area (Å²) in [7, 11) is 1.68. The maximum absolute atomic E-state index is 6.76. The zero-order valence-electron chi connectivity index (χ0n) is 12.9. The lowest BCUT2D eigenvalue weighted by molar-refractivity contribution is 0.140. The summed E-state index contributed by atoms with van der Waals surface area (Å²) in [5, 5.41) is 0. The Balaban J connectivity index is 2.21. The van der Waals surface area contributed by atoms with Crippen LogP contribution in [0.1, 0.15) is 38.7 Å². The van der Waals surface area contributed by atoms with Gasteiger partial charge in [-0.2, -0.15) is 0 Å². The molecule has 1 aliphatic carbocycles. The minimum absolute atomic E-state index is 0.263. The van der Waals surface area contributed by atoms with Crippen LogP contribution in [0.25, 0.3) is 0 Å². The van der Waals surface area contributed by atoms with Gasteiger partial charge in [-0.25, -0.2) is 0 Å². The van der Waals surface area contributed by atoms with E-state index in [9.17, 15) is 0 Å². The van der Waals surface area contributed by atoms with Gasteiger partial charge in [0.1, 0.15) is 12.4 Å². The molecular formula is C17H27NO2. The molecule has 2 N–H and O–H groups in total. The molecule has 20 heavy (non-hydrogen) atoms. The first-order valence-corrected chi connectivity index (χ1v) is 7.55. The number of hydrogen-bond donors (Lipinski definition) is 1. The van der Waals surface area contributed by atoms with Crippen LogP contribution in [0, 0.1) is 11.8 Å². The summed E-state index contributed by atoms with van der Waals surface area (Å²) in [6, 6.07) is 8.19. The SMILES string of the molecule is COCCOc1ccccc1C1(N)CC(C)CC(C)C1. The van der Waals surface area contributed by atoms with E-state index in [-0.39, 0.29) is 5.54 Å². The van der Waals surface area contributed by atoms with Gasteiger partial charge in [-0.1, -0.05) is 32.0 Å².